The minimum atomic E-state index is -3.90. The molecule has 2 bridgehead atoms. The minimum absolute atomic E-state index is 0.0265. The lowest BCUT2D eigenvalue weighted by Crippen LogP contribution is -2.56. The molecule has 2 aromatic rings. The molecule has 2 aliphatic heterocycles. The van der Waals surface area contributed by atoms with Crippen molar-refractivity contribution < 1.29 is 23.1 Å². The van der Waals surface area contributed by atoms with Crippen molar-refractivity contribution in [2.24, 2.45) is 17.8 Å². The summed E-state index contributed by atoms with van der Waals surface area (Å²) in [4.78, 5) is 29.6. The van der Waals surface area contributed by atoms with Crippen LogP contribution in [0.4, 0.5) is 0 Å². The van der Waals surface area contributed by atoms with E-state index in [-0.39, 0.29) is 29.2 Å². The lowest BCUT2D eigenvalue weighted by Gasteiger charge is -2.44. The summed E-state index contributed by atoms with van der Waals surface area (Å²) in [7, 11) is -3.90. The van der Waals surface area contributed by atoms with E-state index in [4.69, 9.17) is 11.6 Å². The zero-order valence-corrected chi connectivity index (χ0v) is 21.7. The number of sulfonamides is 1. The van der Waals surface area contributed by atoms with Crippen LogP contribution in [0.5, 0.6) is 0 Å². The molecule has 2 saturated heterocycles. The topological polar surface area (TPSA) is 107 Å². The second-order valence-electron chi connectivity index (χ2n) is 10.1. The fraction of sp³-hybridized carbons (Fsp3) is 0.583. The molecule has 35 heavy (non-hydrogen) atoms. The summed E-state index contributed by atoms with van der Waals surface area (Å²) in [5, 5.41) is 10.8. The molecule has 0 spiro atoms. The molecule has 3 heterocycles. The van der Waals surface area contributed by atoms with Crippen LogP contribution in [0.25, 0.3) is 10.1 Å². The number of hydrogen-bond donors (Lipinski definition) is 2. The molecule has 190 valence electrons. The number of benzene rings is 1. The average molecular weight is 540 g/mol. The summed E-state index contributed by atoms with van der Waals surface area (Å²) in [5.74, 6) is 0.689. The van der Waals surface area contributed by atoms with E-state index in [2.05, 4.69) is 4.72 Å². The van der Waals surface area contributed by atoms with Crippen molar-refractivity contribution in [2.45, 2.75) is 42.4 Å². The number of carbonyl (C=O) groups excluding carboxylic acids is 2. The maximum absolute atomic E-state index is 13.1. The molecule has 2 unspecified atom stereocenters. The number of carbonyl (C=O) groups is 2. The van der Waals surface area contributed by atoms with Crippen LogP contribution in [0.2, 0.25) is 5.02 Å². The van der Waals surface area contributed by atoms with Gasteiger partial charge in [-0.2, -0.15) is 4.72 Å². The predicted molar refractivity (Wildman–Crippen MR) is 135 cm³/mol. The number of hydrogen-bond acceptors (Lipinski definition) is 6. The average Bonchev–Trinajstić information content (AvgIpc) is 3.25. The van der Waals surface area contributed by atoms with Gasteiger partial charge in [0.1, 0.15) is 10.3 Å². The van der Waals surface area contributed by atoms with Gasteiger partial charge in [0.15, 0.2) is 0 Å². The lowest BCUT2D eigenvalue weighted by molar-refractivity contribution is -0.145. The number of piperidine rings is 2. The van der Waals surface area contributed by atoms with E-state index in [0.717, 1.165) is 40.7 Å². The Morgan fingerprint density at radius 3 is 2.63 bits per heavy atom. The molecule has 3 atom stereocenters. The summed E-state index contributed by atoms with van der Waals surface area (Å²) in [6, 6.07) is 5.88. The smallest absolute Gasteiger partial charge is 0.250 e. The van der Waals surface area contributed by atoms with E-state index in [0.29, 0.717) is 55.3 Å². The fourth-order valence-corrected chi connectivity index (χ4v) is 8.69. The van der Waals surface area contributed by atoms with Crippen LogP contribution in [0.15, 0.2) is 28.5 Å². The Labute approximate surface area is 214 Å². The monoisotopic (exact) mass is 539 g/mol. The molecule has 8 nitrogen and oxygen atoms in total. The van der Waals surface area contributed by atoms with Crippen molar-refractivity contribution in [3.05, 3.63) is 29.3 Å². The molecule has 11 heteroatoms. The molecular weight excluding hydrogens is 510 g/mol. The molecule has 1 aliphatic carbocycles. The number of halogens is 1. The van der Waals surface area contributed by atoms with Crippen LogP contribution in [0, 0.1) is 17.8 Å². The molecule has 5 rings (SSSR count). The van der Waals surface area contributed by atoms with Crippen LogP contribution in [0.1, 0.15) is 32.1 Å². The highest BCUT2D eigenvalue weighted by Crippen LogP contribution is 2.38. The highest BCUT2D eigenvalue weighted by molar-refractivity contribution is 7.91. The summed E-state index contributed by atoms with van der Waals surface area (Å²) >= 11 is 7.15. The van der Waals surface area contributed by atoms with Gasteiger partial charge in [-0.3, -0.25) is 9.59 Å². The summed E-state index contributed by atoms with van der Waals surface area (Å²) in [5.41, 5.74) is 0. The molecule has 0 radical (unpaired) electrons. The molecule has 3 aliphatic rings. The van der Waals surface area contributed by atoms with Crippen molar-refractivity contribution >= 4 is 54.9 Å². The van der Waals surface area contributed by atoms with Crippen molar-refractivity contribution in [3.8, 4) is 0 Å². The molecule has 1 aromatic carbocycles. The number of aliphatic hydroxyl groups excluding tert-OH is 1. The Kier molecular flexibility index (Phi) is 7.11. The number of amides is 2. The molecule has 2 N–H and O–H groups in total. The van der Waals surface area contributed by atoms with Crippen LogP contribution >= 0.6 is 22.9 Å². The first-order valence-electron chi connectivity index (χ1n) is 12.1. The SMILES string of the molecule is O=C(CN1CCC[C@H](NS(=O)(=O)c2cc3cc(Cl)ccc3s2)C1=O)N1CC2CC(CO)CC(C2)C1. The van der Waals surface area contributed by atoms with Crippen molar-refractivity contribution in [1.82, 2.24) is 14.5 Å². The first kappa shape index (κ1) is 25.0. The van der Waals surface area contributed by atoms with Gasteiger partial charge in [0, 0.05) is 36.0 Å². The quantitative estimate of drug-likeness (QED) is 0.587. The fourth-order valence-electron chi connectivity index (χ4n) is 5.89. The van der Waals surface area contributed by atoms with Gasteiger partial charge in [-0.05, 0) is 79.5 Å². The normalized spacial score (nSPS) is 27.4. The molecular formula is C24H30ClN3O5S2. The molecule has 1 aromatic heterocycles. The maximum Gasteiger partial charge on any atom is 0.250 e. The minimum Gasteiger partial charge on any atom is -0.396 e. The van der Waals surface area contributed by atoms with E-state index >= 15 is 0 Å². The largest absolute Gasteiger partial charge is 0.396 e. The zero-order valence-electron chi connectivity index (χ0n) is 19.4. The molecule has 3 fully saturated rings. The van der Waals surface area contributed by atoms with Gasteiger partial charge in [0.2, 0.25) is 11.8 Å². The van der Waals surface area contributed by atoms with Crippen LogP contribution in [-0.4, -0.2) is 74.0 Å². The van der Waals surface area contributed by atoms with Crippen LogP contribution in [-0.2, 0) is 19.6 Å². The third-order valence-electron chi connectivity index (χ3n) is 7.44. The number of nitrogens with zero attached hydrogens (tertiary/aromatic N) is 2. The Bertz CT molecular complexity index is 1220. The second kappa shape index (κ2) is 9.97. The lowest BCUT2D eigenvalue weighted by atomic mass is 9.72. The van der Waals surface area contributed by atoms with Crippen molar-refractivity contribution in [3.63, 3.8) is 0 Å². The standard InChI is InChI=1S/C24H30ClN3O5S2/c25-19-3-4-21-18(9-19)10-23(34-21)35(32,33)26-20-2-1-5-27(24(20)31)13-22(30)28-11-15-6-16(12-28)8-17(7-15)14-29/h3-4,9-10,15-17,20,26,29H,1-2,5-8,11-14H2/t15?,16?,17?,20-/m0/s1. The zero-order chi connectivity index (χ0) is 24.7. The Balaban J connectivity index is 1.22. The Hall–Kier alpha value is -1.72. The van der Waals surface area contributed by atoms with Crippen molar-refractivity contribution in [2.75, 3.05) is 32.8 Å². The van der Waals surface area contributed by atoms with Gasteiger partial charge >= 0.3 is 0 Å². The number of likely N-dealkylation sites (tertiary alicyclic amines) is 2. The van der Waals surface area contributed by atoms with E-state index in [1.165, 1.54) is 4.90 Å². The van der Waals surface area contributed by atoms with Crippen LogP contribution < -0.4 is 4.72 Å². The van der Waals surface area contributed by atoms with Gasteiger partial charge in [0.05, 0.1) is 6.54 Å². The summed E-state index contributed by atoms with van der Waals surface area (Å²) < 4.78 is 29.6. The van der Waals surface area contributed by atoms with Gasteiger partial charge in [0.25, 0.3) is 10.0 Å². The summed E-state index contributed by atoms with van der Waals surface area (Å²) in [6.07, 6.45) is 3.99. The maximum atomic E-state index is 13.1. The summed E-state index contributed by atoms with van der Waals surface area (Å²) in [6.45, 7) is 1.95. The van der Waals surface area contributed by atoms with E-state index in [1.54, 1.807) is 24.3 Å². The molecule has 1 saturated carbocycles. The highest BCUT2D eigenvalue weighted by atomic mass is 35.5. The first-order chi connectivity index (χ1) is 16.7. The van der Waals surface area contributed by atoms with Gasteiger partial charge < -0.3 is 14.9 Å². The number of aliphatic hydroxyl groups is 1. The van der Waals surface area contributed by atoms with E-state index in [9.17, 15) is 23.1 Å². The second-order valence-corrected chi connectivity index (χ2v) is 13.6. The van der Waals surface area contributed by atoms with Gasteiger partial charge in [-0.15, -0.1) is 11.3 Å². The number of fused-ring (bicyclic) bond motifs is 3. The first-order valence-corrected chi connectivity index (χ1v) is 14.8. The van der Waals surface area contributed by atoms with Gasteiger partial charge in [-0.1, -0.05) is 11.6 Å². The van der Waals surface area contributed by atoms with Crippen LogP contribution in [0.3, 0.4) is 0 Å². The third-order valence-corrected chi connectivity index (χ3v) is 10.7. The Morgan fingerprint density at radius 1 is 1.17 bits per heavy atom. The predicted octanol–water partition coefficient (Wildman–Crippen LogP) is 2.69. The van der Waals surface area contributed by atoms with E-state index < -0.39 is 16.1 Å². The number of nitrogens with one attached hydrogen (secondary N) is 1. The Morgan fingerprint density at radius 2 is 1.91 bits per heavy atom. The van der Waals surface area contributed by atoms with Gasteiger partial charge in [-0.25, -0.2) is 8.42 Å². The molecule has 2 amide bonds. The number of thiophene rings is 1. The number of rotatable bonds is 6. The van der Waals surface area contributed by atoms with Crippen molar-refractivity contribution in [1.29, 1.82) is 0 Å². The highest BCUT2D eigenvalue weighted by Gasteiger charge is 2.38. The third kappa shape index (κ3) is 5.36. The van der Waals surface area contributed by atoms with E-state index in [1.807, 2.05) is 4.90 Å².